The Morgan fingerprint density at radius 2 is 1.90 bits per heavy atom. The van der Waals surface area contributed by atoms with E-state index in [1.165, 1.54) is 18.2 Å². The standard InChI is InChI=1S/C16H14ClNO3/c1-10-4-2-3-5-11(10)9-15(19)18-14-7-6-12(16(20)21)8-13(14)17/h2-8H,9H2,1H3,(H,18,19)(H,20,21). The van der Waals surface area contributed by atoms with Crippen molar-refractivity contribution >= 4 is 29.2 Å². The fraction of sp³-hybridized carbons (Fsp3) is 0.125. The minimum absolute atomic E-state index is 0.0805. The number of halogens is 1. The number of aromatic carboxylic acids is 1. The van der Waals surface area contributed by atoms with E-state index in [0.717, 1.165) is 11.1 Å². The van der Waals surface area contributed by atoms with E-state index in [4.69, 9.17) is 16.7 Å². The van der Waals surface area contributed by atoms with Gasteiger partial charge in [0, 0.05) is 0 Å². The van der Waals surface area contributed by atoms with Crippen molar-refractivity contribution in [3.63, 3.8) is 0 Å². The van der Waals surface area contributed by atoms with Crippen molar-refractivity contribution in [2.24, 2.45) is 0 Å². The van der Waals surface area contributed by atoms with Gasteiger partial charge in [0.2, 0.25) is 5.91 Å². The number of carbonyl (C=O) groups is 2. The maximum atomic E-state index is 12.0. The van der Waals surface area contributed by atoms with E-state index in [2.05, 4.69) is 5.32 Å². The van der Waals surface area contributed by atoms with Gasteiger partial charge in [-0.3, -0.25) is 4.79 Å². The zero-order chi connectivity index (χ0) is 15.4. The number of nitrogens with one attached hydrogen (secondary N) is 1. The molecule has 2 rings (SSSR count). The quantitative estimate of drug-likeness (QED) is 0.908. The smallest absolute Gasteiger partial charge is 0.335 e. The Hall–Kier alpha value is -2.33. The molecule has 0 atom stereocenters. The first kappa shape index (κ1) is 15.1. The van der Waals surface area contributed by atoms with Crippen LogP contribution < -0.4 is 5.32 Å². The minimum Gasteiger partial charge on any atom is -0.478 e. The van der Waals surface area contributed by atoms with Crippen LogP contribution in [0.4, 0.5) is 5.69 Å². The summed E-state index contributed by atoms with van der Waals surface area (Å²) in [7, 11) is 0. The number of aryl methyl sites for hydroxylation is 1. The van der Waals surface area contributed by atoms with Crippen LogP contribution in [0.2, 0.25) is 5.02 Å². The fourth-order valence-electron chi connectivity index (χ4n) is 1.93. The van der Waals surface area contributed by atoms with E-state index >= 15 is 0 Å². The normalized spacial score (nSPS) is 10.2. The summed E-state index contributed by atoms with van der Waals surface area (Å²) in [4.78, 5) is 22.8. The van der Waals surface area contributed by atoms with Crippen LogP contribution in [0.3, 0.4) is 0 Å². The predicted molar refractivity (Wildman–Crippen MR) is 81.9 cm³/mol. The molecule has 0 unspecified atom stereocenters. The molecule has 0 aliphatic rings. The average Bonchev–Trinajstić information content (AvgIpc) is 2.43. The highest BCUT2D eigenvalue weighted by molar-refractivity contribution is 6.34. The molecule has 21 heavy (non-hydrogen) atoms. The van der Waals surface area contributed by atoms with Gasteiger partial charge in [-0.15, -0.1) is 0 Å². The molecule has 2 aromatic rings. The first-order valence-electron chi connectivity index (χ1n) is 6.34. The van der Waals surface area contributed by atoms with Crippen LogP contribution in [-0.2, 0) is 11.2 Å². The second-order valence-electron chi connectivity index (χ2n) is 4.65. The number of carboxylic acid groups (broad SMARTS) is 1. The van der Waals surface area contributed by atoms with Gasteiger partial charge < -0.3 is 10.4 Å². The molecule has 5 heteroatoms. The molecule has 2 N–H and O–H groups in total. The Bertz CT molecular complexity index is 698. The second kappa shape index (κ2) is 6.41. The Morgan fingerprint density at radius 3 is 2.52 bits per heavy atom. The molecular formula is C16H14ClNO3. The van der Waals surface area contributed by atoms with E-state index in [0.29, 0.717) is 5.69 Å². The molecule has 1 amide bonds. The van der Waals surface area contributed by atoms with Crippen molar-refractivity contribution in [3.8, 4) is 0 Å². The van der Waals surface area contributed by atoms with Gasteiger partial charge in [-0.05, 0) is 36.2 Å². The molecule has 0 fully saturated rings. The van der Waals surface area contributed by atoms with E-state index in [1.807, 2.05) is 31.2 Å². The SMILES string of the molecule is Cc1ccccc1CC(=O)Nc1ccc(C(=O)O)cc1Cl. The van der Waals surface area contributed by atoms with E-state index in [9.17, 15) is 9.59 Å². The van der Waals surface area contributed by atoms with Gasteiger partial charge in [-0.1, -0.05) is 35.9 Å². The number of carbonyl (C=O) groups excluding carboxylic acids is 1. The van der Waals surface area contributed by atoms with Crippen LogP contribution in [0.1, 0.15) is 21.5 Å². The molecule has 2 aromatic carbocycles. The third-order valence-electron chi connectivity index (χ3n) is 3.10. The van der Waals surface area contributed by atoms with Crippen molar-refractivity contribution in [1.29, 1.82) is 0 Å². The van der Waals surface area contributed by atoms with Crippen LogP contribution >= 0.6 is 11.6 Å². The number of rotatable bonds is 4. The molecule has 0 heterocycles. The van der Waals surface area contributed by atoms with Gasteiger partial charge in [0.15, 0.2) is 0 Å². The van der Waals surface area contributed by atoms with Gasteiger partial charge in [-0.25, -0.2) is 4.79 Å². The van der Waals surface area contributed by atoms with Crippen LogP contribution in [0.25, 0.3) is 0 Å². The summed E-state index contributed by atoms with van der Waals surface area (Å²) in [6, 6.07) is 11.8. The van der Waals surface area contributed by atoms with Crippen molar-refractivity contribution in [2.45, 2.75) is 13.3 Å². The van der Waals surface area contributed by atoms with Crippen molar-refractivity contribution < 1.29 is 14.7 Å². The topological polar surface area (TPSA) is 66.4 Å². The highest BCUT2D eigenvalue weighted by Crippen LogP contribution is 2.23. The summed E-state index contributed by atoms with van der Waals surface area (Å²) in [6.07, 6.45) is 0.240. The number of amides is 1. The molecule has 0 aliphatic heterocycles. The summed E-state index contributed by atoms with van der Waals surface area (Å²) in [6.45, 7) is 1.94. The summed E-state index contributed by atoms with van der Waals surface area (Å²) < 4.78 is 0. The van der Waals surface area contributed by atoms with Gasteiger partial charge in [0.05, 0.1) is 22.7 Å². The zero-order valence-electron chi connectivity index (χ0n) is 11.4. The number of anilines is 1. The molecule has 108 valence electrons. The first-order chi connectivity index (χ1) is 9.97. The van der Waals surface area contributed by atoms with Crippen molar-refractivity contribution in [1.82, 2.24) is 0 Å². The maximum Gasteiger partial charge on any atom is 0.335 e. The maximum absolute atomic E-state index is 12.0. The van der Waals surface area contributed by atoms with E-state index < -0.39 is 5.97 Å². The van der Waals surface area contributed by atoms with Gasteiger partial charge in [-0.2, -0.15) is 0 Å². The van der Waals surface area contributed by atoms with Crippen LogP contribution in [-0.4, -0.2) is 17.0 Å². The zero-order valence-corrected chi connectivity index (χ0v) is 12.1. The molecule has 0 radical (unpaired) electrons. The van der Waals surface area contributed by atoms with Gasteiger partial charge in [0.1, 0.15) is 0 Å². The van der Waals surface area contributed by atoms with E-state index in [1.54, 1.807) is 0 Å². The Labute approximate surface area is 127 Å². The Kier molecular flexibility index (Phi) is 4.60. The number of hydrogen-bond acceptors (Lipinski definition) is 2. The molecule has 0 saturated heterocycles. The van der Waals surface area contributed by atoms with Crippen LogP contribution in [0.15, 0.2) is 42.5 Å². The number of carboxylic acids is 1. The molecule has 0 bridgehead atoms. The van der Waals surface area contributed by atoms with Crippen LogP contribution in [0.5, 0.6) is 0 Å². The molecular weight excluding hydrogens is 290 g/mol. The van der Waals surface area contributed by atoms with Crippen molar-refractivity contribution in [3.05, 3.63) is 64.2 Å². The third kappa shape index (κ3) is 3.83. The van der Waals surface area contributed by atoms with Crippen molar-refractivity contribution in [2.75, 3.05) is 5.32 Å². The molecule has 0 spiro atoms. The average molecular weight is 304 g/mol. The summed E-state index contributed by atoms with van der Waals surface area (Å²) in [5, 5.41) is 11.8. The summed E-state index contributed by atoms with van der Waals surface area (Å²) in [5.74, 6) is -1.26. The Morgan fingerprint density at radius 1 is 1.19 bits per heavy atom. The fourth-order valence-corrected chi connectivity index (χ4v) is 2.15. The molecule has 0 aliphatic carbocycles. The van der Waals surface area contributed by atoms with Gasteiger partial charge >= 0.3 is 5.97 Å². The number of hydrogen-bond donors (Lipinski definition) is 2. The molecule has 0 aromatic heterocycles. The highest BCUT2D eigenvalue weighted by atomic mass is 35.5. The lowest BCUT2D eigenvalue weighted by Crippen LogP contribution is -2.15. The first-order valence-corrected chi connectivity index (χ1v) is 6.72. The highest BCUT2D eigenvalue weighted by Gasteiger charge is 2.10. The summed E-state index contributed by atoms with van der Waals surface area (Å²) >= 11 is 5.97. The molecule has 4 nitrogen and oxygen atoms in total. The van der Waals surface area contributed by atoms with Gasteiger partial charge in [0.25, 0.3) is 0 Å². The lowest BCUT2D eigenvalue weighted by Gasteiger charge is -2.09. The largest absolute Gasteiger partial charge is 0.478 e. The number of benzene rings is 2. The molecule has 0 saturated carbocycles. The third-order valence-corrected chi connectivity index (χ3v) is 3.42. The Balaban J connectivity index is 2.10. The van der Waals surface area contributed by atoms with Crippen LogP contribution in [0, 0.1) is 6.92 Å². The minimum atomic E-state index is -1.06. The lowest BCUT2D eigenvalue weighted by atomic mass is 10.1. The van der Waals surface area contributed by atoms with E-state index in [-0.39, 0.29) is 22.9 Å². The monoisotopic (exact) mass is 303 g/mol. The second-order valence-corrected chi connectivity index (χ2v) is 5.06. The predicted octanol–water partition coefficient (Wildman–Crippen LogP) is 3.53. The lowest BCUT2D eigenvalue weighted by molar-refractivity contribution is -0.115. The summed E-state index contributed by atoms with van der Waals surface area (Å²) in [5.41, 5.74) is 2.46.